The number of rotatable bonds is 1. The van der Waals surface area contributed by atoms with Crippen LogP contribution in [-0.4, -0.2) is 9.97 Å². The van der Waals surface area contributed by atoms with Crippen molar-refractivity contribution < 1.29 is 17.6 Å². The Hall–Kier alpha value is -1.76. The third-order valence-corrected chi connectivity index (χ3v) is 2.45. The summed E-state index contributed by atoms with van der Waals surface area (Å²) in [7, 11) is 0. The van der Waals surface area contributed by atoms with Gasteiger partial charge in [-0.2, -0.15) is 13.2 Å². The summed E-state index contributed by atoms with van der Waals surface area (Å²) >= 11 is 4.80. The van der Waals surface area contributed by atoms with Crippen LogP contribution in [0.15, 0.2) is 30.5 Å². The second-order valence-corrected chi connectivity index (χ2v) is 3.91. The van der Waals surface area contributed by atoms with Crippen LogP contribution < -0.4 is 0 Å². The highest BCUT2D eigenvalue weighted by molar-refractivity contribution is 7.71. The summed E-state index contributed by atoms with van der Waals surface area (Å²) in [6.45, 7) is 0. The predicted octanol–water partition coefficient (Wildman–Crippen LogP) is 3.96. The van der Waals surface area contributed by atoms with Crippen molar-refractivity contribution in [3.05, 3.63) is 46.5 Å². The summed E-state index contributed by atoms with van der Waals surface area (Å²) in [5.41, 5.74) is -1.33. The molecule has 0 fully saturated rings. The third-order valence-electron chi connectivity index (χ3n) is 2.21. The number of alkyl halides is 3. The highest BCUT2D eigenvalue weighted by atomic mass is 32.1. The Labute approximate surface area is 104 Å². The fourth-order valence-corrected chi connectivity index (χ4v) is 1.62. The summed E-state index contributed by atoms with van der Waals surface area (Å²) in [5, 5.41) is 0. The fraction of sp³-hybridized carbons (Fsp3) is 0.0909. The highest BCUT2D eigenvalue weighted by Crippen LogP contribution is 2.36. The largest absolute Gasteiger partial charge is 0.417 e. The molecular weight excluding hydrogens is 268 g/mol. The topological polar surface area (TPSA) is 28.7 Å². The molecule has 0 saturated heterocycles. The van der Waals surface area contributed by atoms with Gasteiger partial charge in [-0.3, -0.25) is 0 Å². The second-order valence-electron chi connectivity index (χ2n) is 3.47. The smallest absolute Gasteiger partial charge is 0.331 e. The quantitative estimate of drug-likeness (QED) is 0.629. The molecule has 2 nitrogen and oxygen atoms in total. The number of nitrogens with zero attached hydrogens (tertiary/aromatic N) is 1. The van der Waals surface area contributed by atoms with Crippen LogP contribution in [0, 0.1) is 10.5 Å². The molecular formula is C11H6F4N2S. The van der Waals surface area contributed by atoms with Crippen molar-refractivity contribution in [3.63, 3.8) is 0 Å². The van der Waals surface area contributed by atoms with Crippen LogP contribution in [0.1, 0.15) is 5.56 Å². The van der Waals surface area contributed by atoms with Gasteiger partial charge in [0.05, 0.1) is 5.56 Å². The van der Waals surface area contributed by atoms with E-state index in [0.717, 1.165) is 12.1 Å². The van der Waals surface area contributed by atoms with Gasteiger partial charge >= 0.3 is 6.18 Å². The van der Waals surface area contributed by atoms with Crippen LogP contribution in [0.5, 0.6) is 0 Å². The Morgan fingerprint density at radius 1 is 1.17 bits per heavy atom. The molecule has 0 aliphatic carbocycles. The van der Waals surface area contributed by atoms with Crippen molar-refractivity contribution in [1.82, 2.24) is 9.97 Å². The lowest BCUT2D eigenvalue weighted by atomic mass is 10.1. The minimum atomic E-state index is -4.59. The summed E-state index contributed by atoms with van der Waals surface area (Å²) in [5.74, 6) is -0.891. The Balaban J connectivity index is 2.70. The summed E-state index contributed by atoms with van der Waals surface area (Å²) in [6.07, 6.45) is -3.32. The van der Waals surface area contributed by atoms with Crippen LogP contribution in [0.25, 0.3) is 11.4 Å². The summed E-state index contributed by atoms with van der Waals surface area (Å²) < 4.78 is 51.6. The Kier molecular flexibility index (Phi) is 3.16. The number of benzene rings is 1. The standard InChI is InChI=1S/C11H6F4N2S/c12-6-1-2-8(11(13,14)15)7(5-6)10-16-4-3-9(18)17-10/h1-5H,(H,16,17,18). The van der Waals surface area contributed by atoms with Crippen molar-refractivity contribution in [2.75, 3.05) is 0 Å². The van der Waals surface area contributed by atoms with Crippen LogP contribution in [0.3, 0.4) is 0 Å². The molecule has 0 radical (unpaired) electrons. The Morgan fingerprint density at radius 2 is 1.89 bits per heavy atom. The van der Waals surface area contributed by atoms with Gasteiger partial charge in [0, 0.05) is 11.8 Å². The van der Waals surface area contributed by atoms with Gasteiger partial charge in [-0.05, 0) is 24.3 Å². The molecule has 1 N–H and O–H groups in total. The van der Waals surface area contributed by atoms with E-state index in [-0.39, 0.29) is 16.0 Å². The molecule has 1 aromatic heterocycles. The lowest BCUT2D eigenvalue weighted by Gasteiger charge is -2.12. The van der Waals surface area contributed by atoms with E-state index in [1.807, 2.05) is 0 Å². The van der Waals surface area contributed by atoms with E-state index in [4.69, 9.17) is 12.2 Å². The SMILES string of the molecule is Fc1ccc(C(F)(F)F)c(-c2nccc(=S)[nH]2)c1. The molecule has 1 aromatic carbocycles. The molecule has 7 heteroatoms. The molecule has 0 unspecified atom stereocenters. The zero-order valence-corrected chi connectivity index (χ0v) is 9.57. The van der Waals surface area contributed by atoms with Gasteiger partial charge in [-0.15, -0.1) is 0 Å². The lowest BCUT2D eigenvalue weighted by Crippen LogP contribution is -2.08. The van der Waals surface area contributed by atoms with Crippen molar-refractivity contribution in [2.45, 2.75) is 6.18 Å². The molecule has 94 valence electrons. The molecule has 0 saturated carbocycles. The normalized spacial score (nSPS) is 11.6. The predicted molar refractivity (Wildman–Crippen MR) is 59.8 cm³/mol. The maximum Gasteiger partial charge on any atom is 0.417 e. The molecule has 0 spiro atoms. The van der Waals surface area contributed by atoms with E-state index >= 15 is 0 Å². The molecule has 0 aliphatic rings. The van der Waals surface area contributed by atoms with Gasteiger partial charge in [0.1, 0.15) is 16.3 Å². The van der Waals surface area contributed by atoms with Gasteiger partial charge in [0.25, 0.3) is 0 Å². The summed E-state index contributed by atoms with van der Waals surface area (Å²) in [4.78, 5) is 6.24. The maximum atomic E-state index is 13.1. The maximum absolute atomic E-state index is 13.1. The highest BCUT2D eigenvalue weighted by Gasteiger charge is 2.34. The third kappa shape index (κ3) is 2.56. The number of hydrogen-bond acceptors (Lipinski definition) is 2. The van der Waals surface area contributed by atoms with Crippen molar-refractivity contribution in [1.29, 1.82) is 0 Å². The average molecular weight is 274 g/mol. The van der Waals surface area contributed by atoms with E-state index in [1.54, 1.807) is 0 Å². The summed E-state index contributed by atoms with van der Waals surface area (Å²) in [6, 6.07) is 3.63. The number of H-pyrrole nitrogens is 1. The van der Waals surface area contributed by atoms with Gasteiger partial charge in [0.2, 0.25) is 0 Å². The van der Waals surface area contributed by atoms with E-state index in [9.17, 15) is 17.6 Å². The van der Waals surface area contributed by atoms with Crippen molar-refractivity contribution in [3.8, 4) is 11.4 Å². The van der Waals surface area contributed by atoms with Crippen LogP contribution >= 0.6 is 12.2 Å². The first-order valence-corrected chi connectivity index (χ1v) is 5.21. The first-order chi connectivity index (χ1) is 8.38. The molecule has 0 atom stereocenters. The van der Waals surface area contributed by atoms with E-state index in [1.165, 1.54) is 12.3 Å². The zero-order valence-electron chi connectivity index (χ0n) is 8.75. The molecule has 0 aliphatic heterocycles. The van der Waals surface area contributed by atoms with E-state index in [2.05, 4.69) is 9.97 Å². The van der Waals surface area contributed by atoms with Crippen LogP contribution in [0.2, 0.25) is 0 Å². The first-order valence-electron chi connectivity index (χ1n) is 4.80. The molecule has 0 amide bonds. The zero-order chi connectivity index (χ0) is 13.3. The van der Waals surface area contributed by atoms with Gasteiger partial charge in [0.15, 0.2) is 0 Å². The number of hydrogen-bond donors (Lipinski definition) is 1. The monoisotopic (exact) mass is 274 g/mol. The number of aromatic nitrogens is 2. The number of nitrogens with one attached hydrogen (secondary N) is 1. The van der Waals surface area contributed by atoms with Crippen LogP contribution in [0.4, 0.5) is 17.6 Å². The van der Waals surface area contributed by atoms with Gasteiger partial charge in [-0.25, -0.2) is 9.37 Å². The van der Waals surface area contributed by atoms with E-state index < -0.39 is 17.6 Å². The van der Waals surface area contributed by atoms with Crippen molar-refractivity contribution in [2.24, 2.45) is 0 Å². The van der Waals surface area contributed by atoms with Crippen LogP contribution in [-0.2, 0) is 6.18 Å². The molecule has 2 aromatic rings. The van der Waals surface area contributed by atoms with Gasteiger partial charge < -0.3 is 4.98 Å². The minimum Gasteiger partial charge on any atom is -0.331 e. The Morgan fingerprint density at radius 3 is 2.50 bits per heavy atom. The average Bonchev–Trinajstić information content (AvgIpc) is 2.27. The molecule has 18 heavy (non-hydrogen) atoms. The number of aromatic amines is 1. The Bertz CT molecular complexity index is 633. The number of halogens is 4. The molecule has 2 rings (SSSR count). The van der Waals surface area contributed by atoms with E-state index in [0.29, 0.717) is 6.07 Å². The molecule has 1 heterocycles. The van der Waals surface area contributed by atoms with Gasteiger partial charge in [-0.1, -0.05) is 12.2 Å². The first kappa shape index (κ1) is 12.7. The minimum absolute atomic E-state index is 0.116. The molecule has 0 bridgehead atoms. The van der Waals surface area contributed by atoms with Crippen molar-refractivity contribution >= 4 is 12.2 Å². The second kappa shape index (κ2) is 4.49. The fourth-order valence-electron chi connectivity index (χ4n) is 1.47. The lowest BCUT2D eigenvalue weighted by molar-refractivity contribution is -0.137.